The van der Waals surface area contributed by atoms with Crippen LogP contribution in [0.5, 0.6) is 0 Å². The maximum absolute atomic E-state index is 2.59. The molecule has 3 heteroatoms. The van der Waals surface area contributed by atoms with Crippen molar-refractivity contribution in [3.8, 4) is 0 Å². The summed E-state index contributed by atoms with van der Waals surface area (Å²) in [6.45, 7) is 7.30. The third-order valence-corrected chi connectivity index (χ3v) is 3.38. The molecule has 0 aromatic rings. The highest BCUT2D eigenvalue weighted by Crippen LogP contribution is 2.08. The summed E-state index contributed by atoms with van der Waals surface area (Å²) in [5.41, 5.74) is 0. The highest BCUT2D eigenvalue weighted by atomic mass is 32.2. The molecular formula is C9H20N2S. The lowest BCUT2D eigenvalue weighted by Crippen LogP contribution is -2.48. The van der Waals surface area contributed by atoms with Crippen LogP contribution in [-0.2, 0) is 0 Å². The highest BCUT2D eigenvalue weighted by molar-refractivity contribution is 7.98. The largest absolute Gasteiger partial charge is 0.304 e. The molecule has 0 bridgehead atoms. The van der Waals surface area contributed by atoms with E-state index < -0.39 is 0 Å². The summed E-state index contributed by atoms with van der Waals surface area (Å²) in [4.78, 5) is 5.00. The Labute approximate surface area is 80.3 Å². The number of hydrogen-bond acceptors (Lipinski definition) is 3. The summed E-state index contributed by atoms with van der Waals surface area (Å²) in [7, 11) is 2.20. The van der Waals surface area contributed by atoms with E-state index in [9.17, 15) is 0 Å². The molecule has 0 radical (unpaired) electrons. The van der Waals surface area contributed by atoms with Gasteiger partial charge in [-0.05, 0) is 20.2 Å². The number of hydrogen-bond donors (Lipinski definition) is 0. The number of piperazine rings is 1. The van der Waals surface area contributed by atoms with Gasteiger partial charge in [0.05, 0.1) is 0 Å². The Hall–Kier alpha value is 0.270. The second-order valence-electron chi connectivity index (χ2n) is 3.64. The predicted octanol–water partition coefficient (Wildman–Crippen LogP) is 0.985. The van der Waals surface area contributed by atoms with E-state index in [-0.39, 0.29) is 0 Å². The van der Waals surface area contributed by atoms with E-state index in [4.69, 9.17) is 0 Å². The first kappa shape index (κ1) is 10.4. The van der Waals surface area contributed by atoms with Gasteiger partial charge in [-0.3, -0.25) is 4.90 Å². The lowest BCUT2D eigenvalue weighted by Gasteiger charge is -2.36. The van der Waals surface area contributed by atoms with Crippen molar-refractivity contribution in [2.24, 2.45) is 0 Å². The monoisotopic (exact) mass is 188 g/mol. The van der Waals surface area contributed by atoms with Crippen molar-refractivity contribution in [2.75, 3.05) is 45.2 Å². The first-order valence-electron chi connectivity index (χ1n) is 4.65. The minimum Gasteiger partial charge on any atom is -0.304 e. The zero-order valence-corrected chi connectivity index (χ0v) is 9.23. The van der Waals surface area contributed by atoms with Crippen molar-refractivity contribution < 1.29 is 0 Å². The van der Waals surface area contributed by atoms with Crippen molar-refractivity contribution in [1.29, 1.82) is 0 Å². The minimum atomic E-state index is 0.758. The molecule has 1 rings (SSSR count). The van der Waals surface area contributed by atoms with E-state index >= 15 is 0 Å². The van der Waals surface area contributed by atoms with Crippen molar-refractivity contribution in [1.82, 2.24) is 9.80 Å². The van der Waals surface area contributed by atoms with Crippen LogP contribution in [0.2, 0.25) is 0 Å². The molecule has 2 nitrogen and oxygen atoms in total. The van der Waals surface area contributed by atoms with Gasteiger partial charge < -0.3 is 4.90 Å². The lowest BCUT2D eigenvalue weighted by atomic mass is 10.2. The lowest BCUT2D eigenvalue weighted by molar-refractivity contribution is 0.128. The number of likely N-dealkylation sites (N-methyl/N-ethyl adjacent to an activating group) is 1. The van der Waals surface area contributed by atoms with Crippen LogP contribution in [-0.4, -0.2) is 61.1 Å². The molecule has 0 saturated carbocycles. The van der Waals surface area contributed by atoms with E-state index in [1.165, 1.54) is 31.9 Å². The molecule has 0 aliphatic carbocycles. The molecule has 1 unspecified atom stereocenters. The normalized spacial score (nSPS) is 24.2. The fourth-order valence-corrected chi connectivity index (χ4v) is 2.30. The Morgan fingerprint density at radius 3 is 2.33 bits per heavy atom. The van der Waals surface area contributed by atoms with Crippen LogP contribution < -0.4 is 0 Å². The molecule has 0 N–H and O–H groups in total. The number of nitrogens with zero attached hydrogens (tertiary/aromatic N) is 2. The second-order valence-corrected chi connectivity index (χ2v) is 4.55. The standard InChI is InChI=1S/C9H20N2S/c1-9(8-12-3)11-6-4-10(2)5-7-11/h9H,4-8H2,1-3H3. The minimum absolute atomic E-state index is 0.758. The molecule has 1 aliphatic heterocycles. The highest BCUT2D eigenvalue weighted by Gasteiger charge is 2.17. The Bertz CT molecular complexity index is 122. The summed E-state index contributed by atoms with van der Waals surface area (Å²) in [5.74, 6) is 1.27. The molecule has 1 heterocycles. The molecule has 0 amide bonds. The average Bonchev–Trinajstić information content (AvgIpc) is 2.06. The maximum Gasteiger partial charge on any atom is 0.0159 e. The average molecular weight is 188 g/mol. The van der Waals surface area contributed by atoms with Crippen LogP contribution in [0.3, 0.4) is 0 Å². The molecule has 1 aliphatic rings. The molecule has 1 atom stereocenters. The van der Waals surface area contributed by atoms with Gasteiger partial charge in [-0.1, -0.05) is 0 Å². The van der Waals surface area contributed by atoms with E-state index in [1.54, 1.807) is 0 Å². The predicted molar refractivity (Wildman–Crippen MR) is 56.9 cm³/mol. The van der Waals surface area contributed by atoms with Crippen LogP contribution >= 0.6 is 11.8 Å². The van der Waals surface area contributed by atoms with Gasteiger partial charge in [-0.25, -0.2) is 0 Å². The van der Waals surface area contributed by atoms with Gasteiger partial charge in [-0.15, -0.1) is 0 Å². The quantitative estimate of drug-likeness (QED) is 0.652. The number of rotatable bonds is 3. The Morgan fingerprint density at radius 2 is 1.83 bits per heavy atom. The van der Waals surface area contributed by atoms with Crippen LogP contribution in [0.25, 0.3) is 0 Å². The van der Waals surface area contributed by atoms with Gasteiger partial charge in [0.2, 0.25) is 0 Å². The molecule has 0 aromatic heterocycles. The second kappa shape index (κ2) is 5.10. The van der Waals surface area contributed by atoms with Crippen LogP contribution in [0.15, 0.2) is 0 Å². The molecule has 0 aromatic carbocycles. The van der Waals surface area contributed by atoms with Crippen molar-refractivity contribution in [2.45, 2.75) is 13.0 Å². The van der Waals surface area contributed by atoms with Gasteiger partial charge in [0.1, 0.15) is 0 Å². The van der Waals surface area contributed by atoms with Crippen molar-refractivity contribution in [3.05, 3.63) is 0 Å². The fraction of sp³-hybridized carbons (Fsp3) is 1.00. The van der Waals surface area contributed by atoms with E-state index in [0.29, 0.717) is 0 Å². The number of thioether (sulfide) groups is 1. The SMILES string of the molecule is CSCC(C)N1CCN(C)CC1. The van der Waals surface area contributed by atoms with Crippen LogP contribution in [0.4, 0.5) is 0 Å². The summed E-state index contributed by atoms with van der Waals surface area (Å²) in [6, 6.07) is 0.758. The van der Waals surface area contributed by atoms with Crippen LogP contribution in [0, 0.1) is 0 Å². The van der Waals surface area contributed by atoms with E-state index in [1.807, 2.05) is 11.8 Å². The smallest absolute Gasteiger partial charge is 0.0159 e. The molecular weight excluding hydrogens is 168 g/mol. The van der Waals surface area contributed by atoms with Crippen LogP contribution in [0.1, 0.15) is 6.92 Å². The van der Waals surface area contributed by atoms with E-state index in [0.717, 1.165) is 6.04 Å². The zero-order chi connectivity index (χ0) is 8.97. The summed E-state index contributed by atoms with van der Waals surface area (Å²) < 4.78 is 0. The molecule has 0 spiro atoms. The summed E-state index contributed by atoms with van der Waals surface area (Å²) in [5, 5.41) is 0. The Balaban J connectivity index is 2.24. The van der Waals surface area contributed by atoms with Gasteiger partial charge in [0.15, 0.2) is 0 Å². The van der Waals surface area contributed by atoms with Gasteiger partial charge in [-0.2, -0.15) is 11.8 Å². The van der Waals surface area contributed by atoms with Gasteiger partial charge in [0, 0.05) is 38.0 Å². The first-order chi connectivity index (χ1) is 5.74. The molecule has 1 saturated heterocycles. The molecule has 72 valence electrons. The Morgan fingerprint density at radius 1 is 1.25 bits per heavy atom. The molecule has 1 fully saturated rings. The first-order valence-corrected chi connectivity index (χ1v) is 6.05. The third-order valence-electron chi connectivity index (χ3n) is 2.57. The van der Waals surface area contributed by atoms with Crippen molar-refractivity contribution >= 4 is 11.8 Å². The fourth-order valence-electron chi connectivity index (χ4n) is 1.61. The molecule has 12 heavy (non-hydrogen) atoms. The van der Waals surface area contributed by atoms with E-state index in [2.05, 4.69) is 30.0 Å². The topological polar surface area (TPSA) is 6.48 Å². The Kier molecular flexibility index (Phi) is 4.40. The van der Waals surface area contributed by atoms with Crippen molar-refractivity contribution in [3.63, 3.8) is 0 Å². The van der Waals surface area contributed by atoms with Gasteiger partial charge in [0.25, 0.3) is 0 Å². The zero-order valence-electron chi connectivity index (χ0n) is 8.42. The summed E-state index contributed by atoms with van der Waals surface area (Å²) >= 11 is 1.95. The van der Waals surface area contributed by atoms with Gasteiger partial charge >= 0.3 is 0 Å². The third kappa shape index (κ3) is 2.96. The summed E-state index contributed by atoms with van der Waals surface area (Å²) in [6.07, 6.45) is 2.19. The maximum atomic E-state index is 2.59.